The summed E-state index contributed by atoms with van der Waals surface area (Å²) in [5.41, 5.74) is 4.87. The molecule has 0 bridgehead atoms. The van der Waals surface area contributed by atoms with Crippen LogP contribution in [0.5, 0.6) is 0 Å². The van der Waals surface area contributed by atoms with Crippen molar-refractivity contribution in [1.29, 1.82) is 0 Å². The molecule has 1 heterocycles. The van der Waals surface area contributed by atoms with Crippen LogP contribution in [0, 0.1) is 20.8 Å². The van der Waals surface area contributed by atoms with Gasteiger partial charge in [-0.3, -0.25) is 0 Å². The molecule has 1 aromatic carbocycles. The van der Waals surface area contributed by atoms with Crippen LogP contribution in [0.1, 0.15) is 43.4 Å². The van der Waals surface area contributed by atoms with Gasteiger partial charge in [0.2, 0.25) is 0 Å². The van der Waals surface area contributed by atoms with E-state index in [2.05, 4.69) is 56.7 Å². The maximum atomic E-state index is 4.63. The molecule has 0 amide bonds. The van der Waals surface area contributed by atoms with Gasteiger partial charge in [0.05, 0.1) is 5.52 Å². The zero-order valence-electron chi connectivity index (χ0n) is 11.5. The zero-order valence-corrected chi connectivity index (χ0v) is 11.5. The van der Waals surface area contributed by atoms with Gasteiger partial charge in [-0.2, -0.15) is 0 Å². The van der Waals surface area contributed by atoms with Crippen LogP contribution in [-0.2, 0) is 5.41 Å². The summed E-state index contributed by atoms with van der Waals surface area (Å²) in [4.78, 5) is 9.09. The first-order valence-corrected chi connectivity index (χ1v) is 6.05. The van der Waals surface area contributed by atoms with E-state index in [4.69, 9.17) is 0 Å². The summed E-state index contributed by atoms with van der Waals surface area (Å²) < 4.78 is 0. The van der Waals surface area contributed by atoms with Crippen LogP contribution in [0.4, 0.5) is 0 Å². The average Bonchev–Trinajstić information content (AvgIpc) is 2.16. The first kappa shape index (κ1) is 12.0. The molecule has 0 radical (unpaired) electrons. The number of rotatable bonds is 0. The maximum Gasteiger partial charge on any atom is 0.126 e. The third kappa shape index (κ3) is 2.17. The van der Waals surface area contributed by atoms with Crippen molar-refractivity contribution in [1.82, 2.24) is 9.97 Å². The molecule has 0 N–H and O–H groups in total. The van der Waals surface area contributed by atoms with E-state index in [0.717, 1.165) is 17.0 Å². The smallest absolute Gasteiger partial charge is 0.126 e. The average molecular weight is 228 g/mol. The molecule has 0 aliphatic carbocycles. The van der Waals surface area contributed by atoms with E-state index in [1.54, 1.807) is 0 Å². The molecule has 0 atom stereocenters. The summed E-state index contributed by atoms with van der Waals surface area (Å²) in [7, 11) is 0. The van der Waals surface area contributed by atoms with Gasteiger partial charge in [-0.25, -0.2) is 9.97 Å². The monoisotopic (exact) mass is 228 g/mol. The van der Waals surface area contributed by atoms with Gasteiger partial charge in [-0.1, -0.05) is 32.4 Å². The topological polar surface area (TPSA) is 25.8 Å². The third-order valence-electron chi connectivity index (χ3n) is 3.06. The summed E-state index contributed by atoms with van der Waals surface area (Å²) in [6.45, 7) is 12.8. The second-order valence-electron chi connectivity index (χ2n) is 5.81. The normalized spacial score (nSPS) is 12.1. The van der Waals surface area contributed by atoms with Crippen LogP contribution < -0.4 is 0 Å². The Morgan fingerprint density at radius 2 is 1.59 bits per heavy atom. The first-order valence-electron chi connectivity index (χ1n) is 6.05. The van der Waals surface area contributed by atoms with E-state index in [1.165, 1.54) is 16.5 Å². The standard InChI is InChI=1S/C15H20N2/c1-9-7-12-10(2)16-11(3)17-14(12)13(8-9)15(4,5)6/h7-8H,1-6H3. The van der Waals surface area contributed by atoms with E-state index >= 15 is 0 Å². The minimum Gasteiger partial charge on any atom is -0.238 e. The number of nitrogens with zero attached hydrogens (tertiary/aromatic N) is 2. The summed E-state index contributed by atoms with van der Waals surface area (Å²) >= 11 is 0. The van der Waals surface area contributed by atoms with E-state index in [1.807, 2.05) is 6.92 Å². The van der Waals surface area contributed by atoms with Crippen LogP contribution >= 0.6 is 0 Å². The lowest BCUT2D eigenvalue weighted by molar-refractivity contribution is 0.594. The number of hydrogen-bond acceptors (Lipinski definition) is 2. The molecular formula is C15H20N2. The number of hydrogen-bond donors (Lipinski definition) is 0. The van der Waals surface area contributed by atoms with Gasteiger partial charge in [0, 0.05) is 11.1 Å². The minimum atomic E-state index is 0.109. The summed E-state index contributed by atoms with van der Waals surface area (Å²) in [5, 5.41) is 1.18. The number of benzene rings is 1. The largest absolute Gasteiger partial charge is 0.238 e. The molecule has 90 valence electrons. The van der Waals surface area contributed by atoms with Crippen LogP contribution in [0.25, 0.3) is 10.9 Å². The fraction of sp³-hybridized carbons (Fsp3) is 0.467. The van der Waals surface area contributed by atoms with Gasteiger partial charge in [-0.15, -0.1) is 0 Å². The summed E-state index contributed by atoms with van der Waals surface area (Å²) in [6.07, 6.45) is 0. The van der Waals surface area contributed by atoms with Gasteiger partial charge < -0.3 is 0 Å². The molecule has 2 aromatic rings. The van der Waals surface area contributed by atoms with Crippen molar-refractivity contribution < 1.29 is 0 Å². The van der Waals surface area contributed by atoms with Crippen LogP contribution in [0.2, 0.25) is 0 Å². The first-order chi connectivity index (χ1) is 7.79. The Morgan fingerprint density at radius 1 is 0.941 bits per heavy atom. The van der Waals surface area contributed by atoms with Crippen LogP contribution in [0.15, 0.2) is 12.1 Å². The molecule has 0 unspecified atom stereocenters. The second kappa shape index (κ2) is 3.80. The van der Waals surface area contributed by atoms with Crippen molar-refractivity contribution >= 4 is 10.9 Å². The highest BCUT2D eigenvalue weighted by atomic mass is 14.9. The number of fused-ring (bicyclic) bond motifs is 1. The SMILES string of the molecule is Cc1cc(C(C)(C)C)c2nc(C)nc(C)c2c1. The molecule has 17 heavy (non-hydrogen) atoms. The lowest BCUT2D eigenvalue weighted by Crippen LogP contribution is -2.13. The molecule has 2 heteroatoms. The van der Waals surface area contributed by atoms with Crippen molar-refractivity contribution in [3.63, 3.8) is 0 Å². The zero-order chi connectivity index (χ0) is 12.8. The van der Waals surface area contributed by atoms with Crippen molar-refractivity contribution in [3.8, 4) is 0 Å². The van der Waals surface area contributed by atoms with E-state index < -0.39 is 0 Å². The minimum absolute atomic E-state index is 0.109. The molecule has 0 aliphatic heterocycles. The van der Waals surface area contributed by atoms with Gasteiger partial charge in [-0.05, 0) is 37.8 Å². The van der Waals surface area contributed by atoms with Crippen molar-refractivity contribution in [3.05, 3.63) is 34.8 Å². The van der Waals surface area contributed by atoms with Gasteiger partial charge in [0.1, 0.15) is 5.82 Å². The molecule has 1 aromatic heterocycles. The van der Waals surface area contributed by atoms with E-state index in [-0.39, 0.29) is 5.41 Å². The van der Waals surface area contributed by atoms with Crippen LogP contribution in [0.3, 0.4) is 0 Å². The predicted octanol–water partition coefficient (Wildman–Crippen LogP) is 3.85. The predicted molar refractivity (Wildman–Crippen MR) is 72.4 cm³/mol. The fourth-order valence-electron chi connectivity index (χ4n) is 2.24. The van der Waals surface area contributed by atoms with E-state index in [0.29, 0.717) is 0 Å². The number of aromatic nitrogens is 2. The van der Waals surface area contributed by atoms with Gasteiger partial charge >= 0.3 is 0 Å². The highest BCUT2D eigenvalue weighted by Gasteiger charge is 2.19. The van der Waals surface area contributed by atoms with Gasteiger partial charge in [0.15, 0.2) is 0 Å². The molecule has 2 nitrogen and oxygen atoms in total. The molecule has 0 saturated carbocycles. The summed E-state index contributed by atoms with van der Waals surface area (Å²) in [5.74, 6) is 0.851. The van der Waals surface area contributed by atoms with Crippen molar-refractivity contribution in [2.75, 3.05) is 0 Å². The Labute approximate surface area is 103 Å². The Hall–Kier alpha value is -1.44. The van der Waals surface area contributed by atoms with E-state index in [9.17, 15) is 0 Å². The second-order valence-corrected chi connectivity index (χ2v) is 5.81. The molecule has 0 fully saturated rings. The van der Waals surface area contributed by atoms with Crippen LogP contribution in [-0.4, -0.2) is 9.97 Å². The lowest BCUT2D eigenvalue weighted by Gasteiger charge is -2.22. The molecule has 0 saturated heterocycles. The lowest BCUT2D eigenvalue weighted by atomic mass is 9.84. The maximum absolute atomic E-state index is 4.63. The molecule has 2 rings (SSSR count). The summed E-state index contributed by atoms with van der Waals surface area (Å²) in [6, 6.07) is 4.42. The fourth-order valence-corrected chi connectivity index (χ4v) is 2.24. The molecule has 0 aliphatic rings. The number of aryl methyl sites for hydroxylation is 3. The third-order valence-corrected chi connectivity index (χ3v) is 3.06. The quantitative estimate of drug-likeness (QED) is 0.684. The Morgan fingerprint density at radius 3 is 2.18 bits per heavy atom. The highest BCUT2D eigenvalue weighted by molar-refractivity contribution is 5.85. The molecular weight excluding hydrogens is 208 g/mol. The molecule has 0 spiro atoms. The highest BCUT2D eigenvalue weighted by Crippen LogP contribution is 2.31. The van der Waals surface area contributed by atoms with Crippen molar-refractivity contribution in [2.45, 2.75) is 47.0 Å². The van der Waals surface area contributed by atoms with Gasteiger partial charge in [0.25, 0.3) is 0 Å². The Bertz CT molecular complexity index is 577. The Kier molecular flexibility index (Phi) is 2.69. The van der Waals surface area contributed by atoms with Crippen molar-refractivity contribution in [2.24, 2.45) is 0 Å². The Balaban J connectivity index is 2.93.